The number of H-pyrrole nitrogens is 1. The molecule has 0 radical (unpaired) electrons. The molecular weight excluding hydrogens is 276 g/mol. The number of aromatic nitrogens is 2. The minimum absolute atomic E-state index is 0.00787. The Morgan fingerprint density at radius 3 is 2.81 bits per heavy atom. The molecule has 0 aliphatic rings. The molecule has 0 bridgehead atoms. The van der Waals surface area contributed by atoms with Gasteiger partial charge in [0.05, 0.1) is 27.0 Å². The smallest absolute Gasteiger partial charge is 0.284 e. The molecule has 1 aromatic carbocycles. The normalized spacial score (nSPS) is 10.3. The lowest BCUT2D eigenvalue weighted by Crippen LogP contribution is -1.92. The summed E-state index contributed by atoms with van der Waals surface area (Å²) in [4.78, 5) is 10.3. The minimum atomic E-state index is -0.458. The number of hydrogen-bond acceptors (Lipinski definition) is 4. The molecule has 0 aliphatic heterocycles. The third kappa shape index (κ3) is 1.76. The third-order valence-electron chi connectivity index (χ3n) is 2.10. The molecule has 1 aromatic heterocycles. The average molecular weight is 283 g/mol. The van der Waals surface area contributed by atoms with Crippen molar-refractivity contribution in [2.24, 2.45) is 0 Å². The van der Waals surface area contributed by atoms with Crippen LogP contribution in [-0.2, 0) is 0 Å². The first-order valence-electron chi connectivity index (χ1n) is 4.32. The van der Waals surface area contributed by atoms with Crippen LogP contribution in [0.25, 0.3) is 11.3 Å². The Kier molecular flexibility index (Phi) is 2.61. The highest BCUT2D eigenvalue weighted by Gasteiger charge is 2.14. The number of rotatable bonds is 2. The number of nitro benzene ring substituents is 1. The average Bonchev–Trinajstić information content (AvgIpc) is 2.65. The first kappa shape index (κ1) is 10.6. The Morgan fingerprint density at radius 2 is 2.25 bits per heavy atom. The van der Waals surface area contributed by atoms with Gasteiger partial charge in [-0.2, -0.15) is 5.10 Å². The quantitative estimate of drug-likeness (QED) is 0.652. The van der Waals surface area contributed by atoms with E-state index in [1.807, 2.05) is 0 Å². The summed E-state index contributed by atoms with van der Waals surface area (Å²) >= 11 is 3.11. The van der Waals surface area contributed by atoms with Crippen LogP contribution in [-0.4, -0.2) is 15.1 Å². The molecule has 0 aliphatic carbocycles. The lowest BCUT2D eigenvalue weighted by atomic mass is 10.1. The summed E-state index contributed by atoms with van der Waals surface area (Å²) < 4.78 is 0.430. The Labute approximate surface area is 98.7 Å². The number of nitro groups is 1. The van der Waals surface area contributed by atoms with Crippen molar-refractivity contribution in [1.82, 2.24) is 10.2 Å². The van der Waals surface area contributed by atoms with Crippen LogP contribution >= 0.6 is 15.9 Å². The number of benzene rings is 1. The van der Waals surface area contributed by atoms with Crippen molar-refractivity contribution in [2.75, 3.05) is 5.73 Å². The molecule has 1 heterocycles. The largest absolute Gasteiger partial charge is 0.396 e. The van der Waals surface area contributed by atoms with E-state index in [9.17, 15) is 10.1 Å². The van der Waals surface area contributed by atoms with Crippen molar-refractivity contribution in [3.8, 4) is 11.3 Å². The number of halogens is 1. The number of nitrogens with two attached hydrogens (primary N) is 1. The molecule has 16 heavy (non-hydrogen) atoms. The Morgan fingerprint density at radius 1 is 1.50 bits per heavy atom. The zero-order chi connectivity index (χ0) is 11.7. The molecule has 2 rings (SSSR count). The second kappa shape index (κ2) is 3.93. The minimum Gasteiger partial charge on any atom is -0.396 e. The summed E-state index contributed by atoms with van der Waals surface area (Å²) in [5.41, 5.74) is 7.32. The first-order chi connectivity index (χ1) is 7.59. The molecule has 0 atom stereocenters. The SMILES string of the molecule is Nc1cn[nH]c1-c1ccc(Br)c([N+](=O)[O-])c1. The third-order valence-corrected chi connectivity index (χ3v) is 2.77. The highest BCUT2D eigenvalue weighted by atomic mass is 79.9. The fourth-order valence-corrected chi connectivity index (χ4v) is 1.73. The van der Waals surface area contributed by atoms with Crippen molar-refractivity contribution >= 4 is 27.3 Å². The Hall–Kier alpha value is -1.89. The maximum Gasteiger partial charge on any atom is 0.284 e. The first-order valence-corrected chi connectivity index (χ1v) is 5.12. The summed E-state index contributed by atoms with van der Waals surface area (Å²) in [6.45, 7) is 0. The van der Waals surface area contributed by atoms with Gasteiger partial charge >= 0.3 is 0 Å². The molecule has 0 spiro atoms. The van der Waals surface area contributed by atoms with E-state index < -0.39 is 4.92 Å². The fourth-order valence-electron chi connectivity index (χ4n) is 1.33. The van der Waals surface area contributed by atoms with E-state index in [0.717, 1.165) is 0 Å². The summed E-state index contributed by atoms with van der Waals surface area (Å²) in [6.07, 6.45) is 1.46. The Balaban J connectivity index is 2.56. The topological polar surface area (TPSA) is 97.8 Å². The van der Waals surface area contributed by atoms with Gasteiger partial charge in [-0.05, 0) is 22.0 Å². The van der Waals surface area contributed by atoms with E-state index in [-0.39, 0.29) is 5.69 Å². The lowest BCUT2D eigenvalue weighted by molar-refractivity contribution is -0.385. The van der Waals surface area contributed by atoms with Crippen LogP contribution in [0.4, 0.5) is 11.4 Å². The zero-order valence-corrected chi connectivity index (χ0v) is 9.56. The number of anilines is 1. The lowest BCUT2D eigenvalue weighted by Gasteiger charge is -2.01. The number of aromatic amines is 1. The van der Waals surface area contributed by atoms with Gasteiger partial charge in [0.15, 0.2) is 0 Å². The van der Waals surface area contributed by atoms with E-state index in [1.165, 1.54) is 12.3 Å². The fraction of sp³-hybridized carbons (Fsp3) is 0. The molecular formula is C9H7BrN4O2. The van der Waals surface area contributed by atoms with Gasteiger partial charge in [0.1, 0.15) is 0 Å². The summed E-state index contributed by atoms with van der Waals surface area (Å²) in [6, 6.07) is 4.77. The number of nitrogens with zero attached hydrogens (tertiary/aromatic N) is 2. The number of nitrogen functional groups attached to an aromatic ring is 1. The van der Waals surface area contributed by atoms with Gasteiger partial charge in [-0.15, -0.1) is 0 Å². The van der Waals surface area contributed by atoms with Crippen LogP contribution in [0, 0.1) is 10.1 Å². The van der Waals surface area contributed by atoms with Crippen LogP contribution < -0.4 is 5.73 Å². The van der Waals surface area contributed by atoms with Crippen LogP contribution in [0.1, 0.15) is 0 Å². The maximum atomic E-state index is 10.7. The van der Waals surface area contributed by atoms with E-state index in [4.69, 9.17) is 5.73 Å². The molecule has 2 aromatic rings. The monoisotopic (exact) mass is 282 g/mol. The molecule has 6 nitrogen and oxygen atoms in total. The van der Waals surface area contributed by atoms with E-state index >= 15 is 0 Å². The highest BCUT2D eigenvalue weighted by Crippen LogP contribution is 2.31. The zero-order valence-electron chi connectivity index (χ0n) is 7.98. The van der Waals surface area contributed by atoms with Gasteiger partial charge in [0.25, 0.3) is 5.69 Å². The van der Waals surface area contributed by atoms with Crippen molar-refractivity contribution in [1.29, 1.82) is 0 Å². The van der Waals surface area contributed by atoms with Crippen LogP contribution in [0.5, 0.6) is 0 Å². The predicted molar refractivity (Wildman–Crippen MR) is 62.8 cm³/mol. The van der Waals surface area contributed by atoms with E-state index in [1.54, 1.807) is 12.1 Å². The summed E-state index contributed by atoms with van der Waals surface area (Å²) in [5, 5.41) is 17.2. The molecule has 0 saturated carbocycles. The second-order valence-corrected chi connectivity index (χ2v) is 3.98. The standard InChI is InChI=1S/C9H7BrN4O2/c10-6-2-1-5(3-8(6)14(15)16)9-7(11)4-12-13-9/h1-4H,11H2,(H,12,13). The maximum absolute atomic E-state index is 10.7. The van der Waals surface area contributed by atoms with Crippen molar-refractivity contribution in [3.63, 3.8) is 0 Å². The van der Waals surface area contributed by atoms with Crippen molar-refractivity contribution < 1.29 is 4.92 Å². The van der Waals surface area contributed by atoms with Crippen molar-refractivity contribution in [2.45, 2.75) is 0 Å². The molecule has 0 fully saturated rings. The van der Waals surface area contributed by atoms with Crippen LogP contribution in [0.2, 0.25) is 0 Å². The van der Waals surface area contributed by atoms with Gasteiger partial charge in [-0.25, -0.2) is 0 Å². The van der Waals surface area contributed by atoms with Gasteiger partial charge in [0, 0.05) is 11.6 Å². The van der Waals surface area contributed by atoms with Crippen molar-refractivity contribution in [3.05, 3.63) is 39.0 Å². The van der Waals surface area contributed by atoms with E-state index in [0.29, 0.717) is 21.4 Å². The predicted octanol–water partition coefficient (Wildman–Crippen LogP) is 2.33. The number of hydrogen-bond donors (Lipinski definition) is 2. The molecule has 3 N–H and O–H groups in total. The molecule has 0 unspecified atom stereocenters. The second-order valence-electron chi connectivity index (χ2n) is 3.12. The summed E-state index contributed by atoms with van der Waals surface area (Å²) in [5.74, 6) is 0. The highest BCUT2D eigenvalue weighted by molar-refractivity contribution is 9.10. The van der Waals surface area contributed by atoms with Crippen LogP contribution in [0.3, 0.4) is 0 Å². The van der Waals surface area contributed by atoms with E-state index in [2.05, 4.69) is 26.1 Å². The van der Waals surface area contributed by atoms with Gasteiger partial charge in [-0.1, -0.05) is 6.07 Å². The molecule has 7 heteroatoms. The molecule has 82 valence electrons. The molecule has 0 amide bonds. The molecule has 0 saturated heterocycles. The summed E-state index contributed by atoms with van der Waals surface area (Å²) in [7, 11) is 0. The van der Waals surface area contributed by atoms with Gasteiger partial charge < -0.3 is 5.73 Å². The Bertz CT molecular complexity index is 552. The van der Waals surface area contributed by atoms with Gasteiger partial charge in [0.2, 0.25) is 0 Å². The number of nitrogens with one attached hydrogen (secondary N) is 1. The van der Waals surface area contributed by atoms with Crippen LogP contribution in [0.15, 0.2) is 28.9 Å². The van der Waals surface area contributed by atoms with Gasteiger partial charge in [-0.3, -0.25) is 15.2 Å².